The highest BCUT2D eigenvalue weighted by atomic mass is 19.1. The molecule has 1 heterocycles. The van der Waals surface area contributed by atoms with Gasteiger partial charge in [0, 0.05) is 19.5 Å². The standard InChI is InChI=1S/C17H22FNO2/c1-13(20)15-9-11-19(12-10-15)17(21)4-2-3-14-5-7-16(18)8-6-14/h2-3,5-8,13,15,20H,4,9-12H2,1H3. The third-order valence-electron chi connectivity index (χ3n) is 4.05. The number of hydrogen-bond donors (Lipinski definition) is 1. The normalized spacial score (nSPS) is 18.1. The van der Waals surface area contributed by atoms with Gasteiger partial charge in [-0.25, -0.2) is 4.39 Å². The maximum atomic E-state index is 12.8. The largest absolute Gasteiger partial charge is 0.393 e. The van der Waals surface area contributed by atoms with Gasteiger partial charge in [-0.05, 0) is 43.4 Å². The minimum atomic E-state index is -0.291. The zero-order valence-corrected chi connectivity index (χ0v) is 12.3. The Morgan fingerprint density at radius 1 is 1.38 bits per heavy atom. The van der Waals surface area contributed by atoms with Crippen molar-refractivity contribution in [2.45, 2.75) is 32.3 Å². The van der Waals surface area contributed by atoms with Gasteiger partial charge in [0.1, 0.15) is 5.82 Å². The zero-order valence-electron chi connectivity index (χ0n) is 12.3. The summed E-state index contributed by atoms with van der Waals surface area (Å²) >= 11 is 0. The molecule has 1 aromatic carbocycles. The van der Waals surface area contributed by atoms with Crippen LogP contribution >= 0.6 is 0 Å². The summed E-state index contributed by atoms with van der Waals surface area (Å²) in [5.41, 5.74) is 0.886. The van der Waals surface area contributed by atoms with E-state index in [1.165, 1.54) is 12.1 Å². The third kappa shape index (κ3) is 4.67. The van der Waals surface area contributed by atoms with Crippen LogP contribution in [0.3, 0.4) is 0 Å². The molecule has 1 aromatic rings. The predicted molar refractivity (Wildman–Crippen MR) is 81.0 cm³/mol. The number of carbonyl (C=O) groups excluding carboxylic acids is 1. The van der Waals surface area contributed by atoms with E-state index >= 15 is 0 Å². The van der Waals surface area contributed by atoms with Crippen molar-refractivity contribution in [3.8, 4) is 0 Å². The Bertz CT molecular complexity index is 488. The number of benzene rings is 1. The van der Waals surface area contributed by atoms with Gasteiger partial charge in [0.05, 0.1) is 6.10 Å². The second kappa shape index (κ2) is 7.36. The maximum Gasteiger partial charge on any atom is 0.226 e. The second-order valence-corrected chi connectivity index (χ2v) is 5.62. The molecule has 1 amide bonds. The molecule has 1 aliphatic heterocycles. The maximum absolute atomic E-state index is 12.8. The highest BCUT2D eigenvalue weighted by Crippen LogP contribution is 2.21. The summed E-state index contributed by atoms with van der Waals surface area (Å²) in [5, 5.41) is 9.55. The van der Waals surface area contributed by atoms with Crippen molar-refractivity contribution < 1.29 is 14.3 Å². The molecular formula is C17H22FNO2. The second-order valence-electron chi connectivity index (χ2n) is 5.62. The monoisotopic (exact) mass is 291 g/mol. The van der Waals surface area contributed by atoms with Crippen LogP contribution in [0.1, 0.15) is 31.7 Å². The van der Waals surface area contributed by atoms with E-state index in [2.05, 4.69) is 0 Å². The van der Waals surface area contributed by atoms with Crippen LogP contribution < -0.4 is 0 Å². The van der Waals surface area contributed by atoms with Crippen molar-refractivity contribution in [3.05, 3.63) is 41.7 Å². The lowest BCUT2D eigenvalue weighted by Crippen LogP contribution is -2.40. The SMILES string of the molecule is CC(O)C1CCN(C(=O)CC=Cc2ccc(F)cc2)CC1. The van der Waals surface area contributed by atoms with E-state index < -0.39 is 0 Å². The summed E-state index contributed by atoms with van der Waals surface area (Å²) < 4.78 is 12.8. The van der Waals surface area contributed by atoms with Gasteiger partial charge >= 0.3 is 0 Å². The summed E-state index contributed by atoms with van der Waals surface area (Å²) in [6.07, 6.45) is 5.45. The van der Waals surface area contributed by atoms with E-state index in [9.17, 15) is 14.3 Å². The lowest BCUT2D eigenvalue weighted by atomic mass is 9.92. The van der Waals surface area contributed by atoms with Crippen LogP contribution in [0.4, 0.5) is 4.39 Å². The van der Waals surface area contributed by atoms with E-state index in [0.717, 1.165) is 31.5 Å². The number of rotatable bonds is 4. The van der Waals surface area contributed by atoms with Gasteiger partial charge in [-0.15, -0.1) is 0 Å². The Morgan fingerprint density at radius 3 is 2.57 bits per heavy atom. The van der Waals surface area contributed by atoms with Gasteiger partial charge < -0.3 is 10.0 Å². The summed E-state index contributed by atoms with van der Waals surface area (Å²) in [4.78, 5) is 13.9. The molecule has 1 saturated heterocycles. The number of nitrogens with zero attached hydrogens (tertiary/aromatic N) is 1. The van der Waals surface area contributed by atoms with Gasteiger partial charge in [-0.2, -0.15) is 0 Å². The van der Waals surface area contributed by atoms with Gasteiger partial charge in [-0.1, -0.05) is 24.3 Å². The first-order valence-electron chi connectivity index (χ1n) is 7.44. The number of hydrogen-bond acceptors (Lipinski definition) is 2. The average molecular weight is 291 g/mol. The van der Waals surface area contributed by atoms with Crippen molar-refractivity contribution in [2.24, 2.45) is 5.92 Å². The Hall–Kier alpha value is -1.68. The fourth-order valence-electron chi connectivity index (χ4n) is 2.63. The third-order valence-corrected chi connectivity index (χ3v) is 4.05. The Labute approximate surface area is 125 Å². The molecule has 0 radical (unpaired) electrons. The van der Waals surface area contributed by atoms with E-state index in [1.807, 2.05) is 24.0 Å². The van der Waals surface area contributed by atoms with Crippen LogP contribution in [0.15, 0.2) is 30.3 Å². The molecule has 1 aliphatic rings. The molecule has 0 saturated carbocycles. The molecule has 0 bridgehead atoms. The molecule has 3 nitrogen and oxygen atoms in total. The number of aliphatic hydroxyl groups excluding tert-OH is 1. The number of piperidine rings is 1. The van der Waals surface area contributed by atoms with Crippen LogP contribution in [0.5, 0.6) is 0 Å². The first kappa shape index (κ1) is 15.7. The van der Waals surface area contributed by atoms with Gasteiger partial charge in [0.15, 0.2) is 0 Å². The van der Waals surface area contributed by atoms with Crippen molar-refractivity contribution in [1.29, 1.82) is 0 Å². The molecule has 1 N–H and O–H groups in total. The Morgan fingerprint density at radius 2 is 2.00 bits per heavy atom. The van der Waals surface area contributed by atoms with E-state index in [0.29, 0.717) is 12.3 Å². The Kier molecular flexibility index (Phi) is 5.51. The minimum Gasteiger partial charge on any atom is -0.393 e. The topological polar surface area (TPSA) is 40.5 Å². The summed E-state index contributed by atoms with van der Waals surface area (Å²) in [6.45, 7) is 3.26. The van der Waals surface area contributed by atoms with E-state index in [1.54, 1.807) is 12.1 Å². The number of halogens is 1. The van der Waals surface area contributed by atoms with Gasteiger partial charge in [-0.3, -0.25) is 4.79 Å². The molecule has 0 aromatic heterocycles. The number of aliphatic hydroxyl groups is 1. The lowest BCUT2D eigenvalue weighted by molar-refractivity contribution is -0.132. The molecule has 114 valence electrons. The molecular weight excluding hydrogens is 269 g/mol. The van der Waals surface area contributed by atoms with Crippen LogP contribution in [0, 0.1) is 11.7 Å². The van der Waals surface area contributed by atoms with Gasteiger partial charge in [0.25, 0.3) is 0 Å². The minimum absolute atomic E-state index is 0.109. The van der Waals surface area contributed by atoms with Crippen LogP contribution in [0.25, 0.3) is 6.08 Å². The number of amides is 1. The van der Waals surface area contributed by atoms with Crippen LogP contribution in [0.2, 0.25) is 0 Å². The first-order chi connectivity index (χ1) is 10.1. The van der Waals surface area contributed by atoms with Crippen molar-refractivity contribution in [1.82, 2.24) is 4.90 Å². The van der Waals surface area contributed by atoms with Crippen molar-refractivity contribution in [2.75, 3.05) is 13.1 Å². The molecule has 0 spiro atoms. The smallest absolute Gasteiger partial charge is 0.226 e. The quantitative estimate of drug-likeness (QED) is 0.926. The molecule has 0 aliphatic carbocycles. The van der Waals surface area contributed by atoms with Crippen LogP contribution in [-0.4, -0.2) is 35.1 Å². The van der Waals surface area contributed by atoms with E-state index in [-0.39, 0.29) is 17.8 Å². The lowest BCUT2D eigenvalue weighted by Gasteiger charge is -2.33. The fourth-order valence-corrected chi connectivity index (χ4v) is 2.63. The number of carbonyl (C=O) groups is 1. The molecule has 1 atom stereocenters. The fraction of sp³-hybridized carbons (Fsp3) is 0.471. The predicted octanol–water partition coefficient (Wildman–Crippen LogP) is 2.85. The van der Waals surface area contributed by atoms with Crippen molar-refractivity contribution >= 4 is 12.0 Å². The first-order valence-corrected chi connectivity index (χ1v) is 7.44. The zero-order chi connectivity index (χ0) is 15.2. The molecule has 2 rings (SSSR count). The molecule has 4 heteroatoms. The highest BCUT2D eigenvalue weighted by Gasteiger charge is 2.24. The summed E-state index contributed by atoms with van der Waals surface area (Å²) in [5.74, 6) is 0.158. The number of likely N-dealkylation sites (tertiary alicyclic amines) is 1. The highest BCUT2D eigenvalue weighted by molar-refractivity contribution is 5.78. The van der Waals surface area contributed by atoms with Crippen LogP contribution in [-0.2, 0) is 4.79 Å². The Balaban J connectivity index is 1.78. The van der Waals surface area contributed by atoms with Gasteiger partial charge in [0.2, 0.25) is 5.91 Å². The van der Waals surface area contributed by atoms with Crippen molar-refractivity contribution in [3.63, 3.8) is 0 Å². The molecule has 1 fully saturated rings. The average Bonchev–Trinajstić information content (AvgIpc) is 2.49. The molecule has 21 heavy (non-hydrogen) atoms. The summed E-state index contributed by atoms with van der Waals surface area (Å²) in [6, 6.07) is 6.18. The molecule has 1 unspecified atom stereocenters. The van der Waals surface area contributed by atoms with E-state index in [4.69, 9.17) is 0 Å². The summed E-state index contributed by atoms with van der Waals surface area (Å²) in [7, 11) is 0.